The Morgan fingerprint density at radius 3 is 1.02 bits per heavy atom. The third-order valence-corrected chi connectivity index (χ3v) is 4.15. The van der Waals surface area contributed by atoms with Crippen LogP contribution in [-0.2, 0) is 38.4 Å². The molecule has 0 heterocycles. The zero-order chi connectivity index (χ0) is 31.4. The standard InChI is InChI=1S/C10H16N2O8.C10H15N2O8.2Ca.H/c2*13-7(14)3-11(4-8(15)16)1-2-12(5-9(17)18)6-10(19)20;;;/h1-6H2,(H,13,14)(H,15,16)(H,17,18)(H,19,20);1H,2-6H2,(H,13,14)(H,15,16)(H,17,18)(H,19,20);;;/q;-1;2*+2;-1/p-2. The molecule has 0 aliphatic rings. The van der Waals surface area contributed by atoms with Crippen molar-refractivity contribution in [1.29, 1.82) is 0 Å². The predicted molar refractivity (Wildman–Crippen MR) is 134 cm³/mol. The van der Waals surface area contributed by atoms with E-state index < -0.39 is 100 Å². The Balaban J connectivity index is -0.000000209. The number of aliphatic carboxylic acids is 8. The van der Waals surface area contributed by atoms with Crippen molar-refractivity contribution in [3.8, 4) is 0 Å². The maximum Gasteiger partial charge on any atom is 2.00 e. The Morgan fingerprint density at radius 1 is 0.476 bits per heavy atom. The summed E-state index contributed by atoms with van der Waals surface area (Å²) in [6, 6.07) is 0. The maximum atomic E-state index is 10.6. The van der Waals surface area contributed by atoms with Crippen LogP contribution in [0.1, 0.15) is 1.43 Å². The Kier molecular flexibility index (Phi) is 29.9. The first kappa shape index (κ1) is 47.1. The van der Waals surface area contributed by atoms with Crippen LogP contribution in [-0.4, -0.2) is 245 Å². The van der Waals surface area contributed by atoms with E-state index in [9.17, 15) is 48.6 Å². The fourth-order valence-electron chi connectivity index (χ4n) is 2.79. The zero-order valence-corrected chi connectivity index (χ0v) is 26.7. The smallest absolute Gasteiger partial charge is 1.00 e. The summed E-state index contributed by atoms with van der Waals surface area (Å²) in [7, 11) is 0. The van der Waals surface area contributed by atoms with Crippen molar-refractivity contribution in [1.82, 2.24) is 19.6 Å². The molecule has 0 fully saturated rings. The molecule has 6 N–H and O–H groups in total. The minimum absolute atomic E-state index is 0. The van der Waals surface area contributed by atoms with Gasteiger partial charge in [-0.1, -0.05) is 0 Å². The van der Waals surface area contributed by atoms with Crippen molar-refractivity contribution >= 4 is 123 Å². The minimum Gasteiger partial charge on any atom is -1.00 e. The fourth-order valence-corrected chi connectivity index (χ4v) is 2.79. The van der Waals surface area contributed by atoms with Crippen LogP contribution in [0.5, 0.6) is 0 Å². The molecule has 230 valence electrons. The van der Waals surface area contributed by atoms with E-state index in [1.54, 1.807) is 0 Å². The predicted octanol–water partition coefficient (Wildman–Crippen LogP) is -7.30. The first-order valence-electron chi connectivity index (χ1n) is 10.9. The van der Waals surface area contributed by atoms with Gasteiger partial charge in [0, 0.05) is 26.2 Å². The van der Waals surface area contributed by atoms with E-state index >= 15 is 0 Å². The summed E-state index contributed by atoms with van der Waals surface area (Å²) < 4.78 is 0. The molecule has 22 heteroatoms. The van der Waals surface area contributed by atoms with Crippen molar-refractivity contribution in [2.45, 2.75) is 0 Å². The second kappa shape index (κ2) is 26.7. The number of carbonyl (C=O) groups is 8. The van der Waals surface area contributed by atoms with Gasteiger partial charge in [0.25, 0.3) is 0 Å². The van der Waals surface area contributed by atoms with Crippen molar-refractivity contribution < 1.29 is 80.6 Å². The zero-order valence-electron chi connectivity index (χ0n) is 23.3. The summed E-state index contributed by atoms with van der Waals surface area (Å²) in [6.45, 7) is -4.08. The molecular weight excluding hydrogens is 632 g/mol. The Hall–Kier alpha value is -1.88. The third kappa shape index (κ3) is 32.6. The van der Waals surface area contributed by atoms with Crippen molar-refractivity contribution in [2.75, 3.05) is 72.0 Å². The van der Waals surface area contributed by atoms with E-state index in [2.05, 4.69) is 0 Å². The van der Waals surface area contributed by atoms with Gasteiger partial charge in [0.2, 0.25) is 0 Å². The molecule has 0 atom stereocenters. The van der Waals surface area contributed by atoms with Crippen molar-refractivity contribution in [3.63, 3.8) is 0 Å². The minimum atomic E-state index is -1.52. The molecule has 0 unspecified atom stereocenters. The summed E-state index contributed by atoms with van der Waals surface area (Å²) in [5.41, 5.74) is 0. The van der Waals surface area contributed by atoms with Gasteiger partial charge in [-0.2, -0.15) is 0 Å². The molecule has 0 aliphatic heterocycles. The molecule has 42 heavy (non-hydrogen) atoms. The molecular formula is C20H30Ca2N4O16. The number of hydrogen-bond donors (Lipinski definition) is 6. The average molecular weight is 663 g/mol. The van der Waals surface area contributed by atoms with Crippen LogP contribution in [0.2, 0.25) is 0 Å². The van der Waals surface area contributed by atoms with Gasteiger partial charge in [-0.25, -0.2) is 0 Å². The van der Waals surface area contributed by atoms with Crippen LogP contribution >= 0.6 is 0 Å². The number of nitrogens with zero attached hydrogens (tertiary/aromatic N) is 4. The Morgan fingerprint density at radius 2 is 0.762 bits per heavy atom. The van der Waals surface area contributed by atoms with Crippen molar-refractivity contribution in [2.24, 2.45) is 0 Å². The summed E-state index contributed by atoms with van der Waals surface area (Å²) in [5.74, 6) is -10.5. The van der Waals surface area contributed by atoms with E-state index in [0.717, 1.165) is 26.1 Å². The average Bonchev–Trinajstić information content (AvgIpc) is 2.72. The monoisotopic (exact) mass is 662 g/mol. The van der Waals surface area contributed by atoms with Gasteiger partial charge < -0.3 is 61.7 Å². The van der Waals surface area contributed by atoms with Crippen LogP contribution in [0.15, 0.2) is 0 Å². The van der Waals surface area contributed by atoms with Crippen LogP contribution in [0.3, 0.4) is 0 Å². The summed E-state index contributed by atoms with van der Waals surface area (Å²) in [5, 5.41) is 72.4. The van der Waals surface area contributed by atoms with Gasteiger partial charge in [0.15, 0.2) is 0 Å². The van der Waals surface area contributed by atoms with E-state index in [1.165, 1.54) is 0 Å². The molecule has 0 aromatic carbocycles. The fraction of sp³-hybridized carbons (Fsp3) is 0.550. The molecule has 0 aliphatic carbocycles. The quantitative estimate of drug-likeness (QED) is 0.0463. The summed E-state index contributed by atoms with van der Waals surface area (Å²) in [4.78, 5) is 88.0. The first-order chi connectivity index (χ1) is 18.4. The van der Waals surface area contributed by atoms with E-state index in [-0.39, 0.29) is 96.5 Å². The Labute approximate surface area is 299 Å². The van der Waals surface area contributed by atoms with Gasteiger partial charge in [0.05, 0.1) is 51.2 Å². The van der Waals surface area contributed by atoms with E-state index in [4.69, 9.17) is 30.6 Å². The van der Waals surface area contributed by atoms with Crippen LogP contribution in [0, 0.1) is 6.54 Å². The molecule has 0 aromatic heterocycles. The Bertz CT molecular complexity index is 721. The van der Waals surface area contributed by atoms with Gasteiger partial charge in [-0.15, -0.1) is 6.54 Å². The molecule has 0 rings (SSSR count). The second-order valence-electron chi connectivity index (χ2n) is 7.78. The molecule has 0 saturated heterocycles. The summed E-state index contributed by atoms with van der Waals surface area (Å²) in [6.07, 6.45) is 0. The largest absolute Gasteiger partial charge is 2.00 e. The molecule has 0 spiro atoms. The maximum absolute atomic E-state index is 10.6. The number of carbonyl (C=O) groups excluding carboxylic acids is 2. The number of carboxylic acid groups (broad SMARTS) is 8. The third-order valence-electron chi connectivity index (χ3n) is 4.15. The normalized spacial score (nSPS) is 10.2. The van der Waals surface area contributed by atoms with E-state index in [0.29, 0.717) is 0 Å². The first-order valence-corrected chi connectivity index (χ1v) is 10.9. The van der Waals surface area contributed by atoms with E-state index in [1.807, 2.05) is 0 Å². The molecule has 0 saturated carbocycles. The number of hydrogen-bond acceptors (Lipinski definition) is 14. The number of rotatable bonds is 22. The van der Waals surface area contributed by atoms with Gasteiger partial charge >= 0.3 is 111 Å². The van der Waals surface area contributed by atoms with Gasteiger partial charge in [0.1, 0.15) is 0 Å². The molecule has 0 amide bonds. The van der Waals surface area contributed by atoms with Gasteiger partial charge in [-0.3, -0.25) is 45.1 Å². The van der Waals surface area contributed by atoms with Crippen LogP contribution in [0.4, 0.5) is 0 Å². The topological polar surface area (TPSA) is 317 Å². The molecule has 0 bridgehead atoms. The molecule has 0 radical (unpaired) electrons. The second-order valence-corrected chi connectivity index (χ2v) is 7.78. The van der Waals surface area contributed by atoms with Crippen LogP contribution < -0.4 is 10.2 Å². The SMILES string of the molecule is O=C(O)CN(CCN(CC(=O)O)CC(=O)O)CC(=O)O.O=C([O-])CN([CH-]CN(CC(=O)[O-])CC(=O)O)CC(=O)O.[Ca+2].[Ca+2].[H-]. The molecule has 0 aromatic rings. The summed E-state index contributed by atoms with van der Waals surface area (Å²) >= 11 is 0. The van der Waals surface area contributed by atoms with Crippen LogP contribution in [0.25, 0.3) is 0 Å². The number of carboxylic acids is 8. The van der Waals surface area contributed by atoms with Gasteiger partial charge in [-0.05, 0) is 0 Å². The van der Waals surface area contributed by atoms with Crippen molar-refractivity contribution in [3.05, 3.63) is 6.54 Å². The molecule has 20 nitrogen and oxygen atoms in total.